The number of hydrogen-bond acceptors (Lipinski definition) is 5. The first-order chi connectivity index (χ1) is 15.6. The summed E-state index contributed by atoms with van der Waals surface area (Å²) in [7, 11) is 7.29. The van der Waals surface area contributed by atoms with Gasteiger partial charge in [0.25, 0.3) is 0 Å². The lowest BCUT2D eigenvalue weighted by atomic mass is 10.1. The van der Waals surface area contributed by atoms with Crippen LogP contribution in [0.25, 0.3) is 11.0 Å². The summed E-state index contributed by atoms with van der Waals surface area (Å²) < 4.78 is 8.66. The number of aromatic nitrogens is 2. The van der Waals surface area contributed by atoms with Crippen molar-refractivity contribution in [2.24, 2.45) is 7.05 Å². The number of methoxy groups -OCH3 is 1. The van der Waals surface area contributed by atoms with Crippen molar-refractivity contribution in [3.05, 3.63) is 40.4 Å². The Morgan fingerprint density at radius 1 is 1.27 bits per heavy atom. The lowest BCUT2D eigenvalue weighted by molar-refractivity contribution is -0.128. The number of benzene rings is 2. The third-order valence-electron chi connectivity index (χ3n) is 5.81. The molecule has 3 aromatic rings. The molecule has 0 bridgehead atoms. The minimum Gasteiger partial charge on any atom is -0.495 e. The van der Waals surface area contributed by atoms with E-state index in [1.807, 2.05) is 32.2 Å². The molecule has 1 amide bonds. The predicted octanol–water partition coefficient (Wildman–Crippen LogP) is 5.48. The van der Waals surface area contributed by atoms with Crippen LogP contribution in [0.15, 0.2) is 34.8 Å². The first kappa shape index (κ1) is 24.9. The van der Waals surface area contributed by atoms with Gasteiger partial charge in [-0.25, -0.2) is 4.98 Å². The van der Waals surface area contributed by atoms with Crippen LogP contribution in [0.4, 0.5) is 17.3 Å². The van der Waals surface area contributed by atoms with Gasteiger partial charge in [-0.3, -0.25) is 4.79 Å². The number of imidazole rings is 1. The molecule has 0 spiro atoms. The second-order valence-corrected chi connectivity index (χ2v) is 9.66. The van der Waals surface area contributed by atoms with Crippen LogP contribution in [0.5, 0.6) is 5.75 Å². The highest BCUT2D eigenvalue weighted by Gasteiger charge is 2.20. The van der Waals surface area contributed by atoms with Gasteiger partial charge in [-0.2, -0.15) is 0 Å². The van der Waals surface area contributed by atoms with E-state index in [1.165, 1.54) is 0 Å². The summed E-state index contributed by atoms with van der Waals surface area (Å²) in [5.74, 6) is 1.65. The summed E-state index contributed by atoms with van der Waals surface area (Å²) in [5.41, 5.74) is 5.04. The monoisotopic (exact) mass is 515 g/mol. The van der Waals surface area contributed by atoms with Crippen molar-refractivity contribution in [3.63, 3.8) is 0 Å². The topological polar surface area (TPSA) is 62.6 Å². The minimum absolute atomic E-state index is 0.155. The summed E-state index contributed by atoms with van der Waals surface area (Å²) in [4.78, 5) is 20.9. The number of hydrogen-bond donors (Lipinski definition) is 1. The quantitative estimate of drug-likeness (QED) is 0.408. The molecular formula is C25H34BrN5O2. The lowest BCUT2D eigenvalue weighted by Gasteiger charge is -2.30. The molecule has 0 atom stereocenters. The Kier molecular flexibility index (Phi) is 7.89. The molecule has 0 aliphatic heterocycles. The van der Waals surface area contributed by atoms with Crippen LogP contribution in [0.1, 0.15) is 32.3 Å². The summed E-state index contributed by atoms with van der Waals surface area (Å²) in [6.07, 6.45) is 1.33. The zero-order chi connectivity index (χ0) is 24.3. The average molecular weight is 516 g/mol. The van der Waals surface area contributed by atoms with Crippen molar-refractivity contribution in [2.45, 2.75) is 39.7 Å². The molecule has 178 valence electrons. The van der Waals surface area contributed by atoms with Gasteiger partial charge in [-0.05, 0) is 57.0 Å². The van der Waals surface area contributed by atoms with Gasteiger partial charge in [0.15, 0.2) is 0 Å². The molecule has 0 fully saturated rings. The number of ether oxygens (including phenoxy) is 1. The molecular weight excluding hydrogens is 482 g/mol. The summed E-state index contributed by atoms with van der Waals surface area (Å²) in [6.45, 7) is 7.19. The average Bonchev–Trinajstić information content (AvgIpc) is 3.08. The second kappa shape index (κ2) is 10.5. The number of nitrogens with one attached hydrogen (secondary N) is 1. The van der Waals surface area contributed by atoms with E-state index in [0.717, 1.165) is 57.1 Å². The molecule has 1 heterocycles. The Morgan fingerprint density at radius 3 is 2.64 bits per heavy atom. The Bertz CT molecular complexity index is 1140. The fourth-order valence-electron chi connectivity index (χ4n) is 4.02. The normalized spacial score (nSPS) is 11.2. The van der Waals surface area contributed by atoms with Crippen LogP contribution >= 0.6 is 15.9 Å². The smallest absolute Gasteiger partial charge is 0.222 e. The first-order valence-electron chi connectivity index (χ1n) is 11.2. The number of halogens is 1. The Morgan fingerprint density at radius 2 is 2.00 bits per heavy atom. The van der Waals surface area contributed by atoms with E-state index in [9.17, 15) is 4.79 Å². The zero-order valence-corrected chi connectivity index (χ0v) is 22.2. The number of amides is 1. The molecule has 33 heavy (non-hydrogen) atoms. The maximum absolute atomic E-state index is 12.0. The zero-order valence-electron chi connectivity index (χ0n) is 20.6. The third-order valence-corrected chi connectivity index (χ3v) is 6.27. The van der Waals surface area contributed by atoms with Crippen molar-refractivity contribution in [2.75, 3.05) is 38.0 Å². The summed E-state index contributed by atoms with van der Waals surface area (Å²) in [6, 6.07) is 10.5. The number of para-hydroxylation sites is 1. The van der Waals surface area contributed by atoms with Crippen molar-refractivity contribution in [1.29, 1.82) is 0 Å². The minimum atomic E-state index is 0.155. The number of aryl methyl sites for hydroxylation is 2. The molecule has 7 nitrogen and oxygen atoms in total. The number of carbonyl (C=O) groups is 1. The van der Waals surface area contributed by atoms with Crippen LogP contribution in [0.2, 0.25) is 0 Å². The van der Waals surface area contributed by atoms with Crippen LogP contribution < -0.4 is 15.0 Å². The molecule has 1 aromatic heterocycles. The van der Waals surface area contributed by atoms with Crippen molar-refractivity contribution < 1.29 is 9.53 Å². The highest BCUT2D eigenvalue weighted by molar-refractivity contribution is 9.10. The van der Waals surface area contributed by atoms with Gasteiger partial charge in [0.05, 0.1) is 29.5 Å². The number of nitrogens with zero attached hydrogens (tertiary/aromatic N) is 4. The van der Waals surface area contributed by atoms with E-state index in [1.54, 1.807) is 26.1 Å². The number of anilines is 3. The molecule has 0 saturated carbocycles. The van der Waals surface area contributed by atoms with Gasteiger partial charge in [0.1, 0.15) is 5.75 Å². The van der Waals surface area contributed by atoms with Gasteiger partial charge < -0.3 is 24.4 Å². The molecule has 3 rings (SSSR count). The van der Waals surface area contributed by atoms with Gasteiger partial charge in [-0.1, -0.05) is 22.0 Å². The van der Waals surface area contributed by atoms with Gasteiger partial charge >= 0.3 is 0 Å². The maximum Gasteiger partial charge on any atom is 0.222 e. The maximum atomic E-state index is 12.0. The highest BCUT2D eigenvalue weighted by Crippen LogP contribution is 2.36. The molecule has 8 heteroatoms. The number of carbonyl (C=O) groups excluding carboxylic acids is 1. The lowest BCUT2D eigenvalue weighted by Crippen LogP contribution is -2.33. The molecule has 0 saturated heterocycles. The van der Waals surface area contributed by atoms with Crippen LogP contribution in [-0.4, -0.2) is 54.1 Å². The molecule has 0 aliphatic rings. The van der Waals surface area contributed by atoms with Crippen molar-refractivity contribution >= 4 is 50.2 Å². The standard InChI is InChI=1S/C25H34BrN5O2/c1-16(2)31(13-9-12-22(32)29(4)5)20-11-8-10-19-24(20)30(6)25(27-19)28-23-17(3)14-18(26)15-21(23)33-7/h8,10-11,14-16H,9,12-13H2,1-7H3,(H,27,28). The highest BCUT2D eigenvalue weighted by atomic mass is 79.9. The Hall–Kier alpha value is -2.74. The predicted molar refractivity (Wildman–Crippen MR) is 140 cm³/mol. The van der Waals surface area contributed by atoms with Crippen LogP contribution in [-0.2, 0) is 11.8 Å². The molecule has 0 radical (unpaired) electrons. The fraction of sp³-hybridized carbons (Fsp3) is 0.440. The summed E-state index contributed by atoms with van der Waals surface area (Å²) >= 11 is 3.53. The third kappa shape index (κ3) is 5.43. The van der Waals surface area contributed by atoms with E-state index in [0.29, 0.717) is 6.42 Å². The molecule has 1 N–H and O–H groups in total. The van der Waals surface area contributed by atoms with E-state index in [2.05, 4.69) is 56.7 Å². The van der Waals surface area contributed by atoms with E-state index >= 15 is 0 Å². The van der Waals surface area contributed by atoms with Crippen LogP contribution in [0.3, 0.4) is 0 Å². The second-order valence-electron chi connectivity index (χ2n) is 8.74. The largest absolute Gasteiger partial charge is 0.495 e. The van der Waals surface area contributed by atoms with Gasteiger partial charge in [0.2, 0.25) is 11.9 Å². The number of fused-ring (bicyclic) bond motifs is 1. The molecule has 2 aromatic carbocycles. The summed E-state index contributed by atoms with van der Waals surface area (Å²) in [5, 5.41) is 3.48. The van der Waals surface area contributed by atoms with Crippen molar-refractivity contribution in [3.8, 4) is 5.75 Å². The van der Waals surface area contributed by atoms with Gasteiger partial charge in [-0.15, -0.1) is 0 Å². The van der Waals surface area contributed by atoms with Crippen molar-refractivity contribution in [1.82, 2.24) is 14.5 Å². The molecule has 0 aliphatic carbocycles. The van der Waals surface area contributed by atoms with Gasteiger partial charge in [0, 0.05) is 44.6 Å². The van der Waals surface area contributed by atoms with E-state index in [-0.39, 0.29) is 11.9 Å². The number of rotatable bonds is 9. The fourth-order valence-corrected chi connectivity index (χ4v) is 4.57. The molecule has 0 unspecified atom stereocenters. The Balaban J connectivity index is 1.97. The Labute approximate surface area is 204 Å². The first-order valence-corrected chi connectivity index (χ1v) is 12.0. The van der Waals surface area contributed by atoms with E-state index < -0.39 is 0 Å². The SMILES string of the molecule is COc1cc(Br)cc(C)c1Nc1nc2cccc(N(CCCC(=O)N(C)C)C(C)C)c2n1C. The van der Waals surface area contributed by atoms with E-state index in [4.69, 9.17) is 9.72 Å². The van der Waals surface area contributed by atoms with Crippen LogP contribution in [0, 0.1) is 6.92 Å².